The molecule has 0 aromatic heterocycles. The van der Waals surface area contributed by atoms with Crippen LogP contribution in [0.2, 0.25) is 0 Å². The van der Waals surface area contributed by atoms with Gasteiger partial charge in [0, 0.05) is 18.5 Å². The third kappa shape index (κ3) is 5.78. The van der Waals surface area contributed by atoms with Crippen molar-refractivity contribution in [1.29, 1.82) is 0 Å². The van der Waals surface area contributed by atoms with Crippen LogP contribution in [0.4, 0.5) is 0 Å². The SMILES string of the molecule is CC(C)N(C(=O)CCCCCN)C(C)C. The lowest BCUT2D eigenvalue weighted by Gasteiger charge is -2.30. The fraction of sp³-hybridized carbons (Fsp3) is 0.917. The van der Waals surface area contributed by atoms with Crippen molar-refractivity contribution >= 4 is 5.91 Å². The van der Waals surface area contributed by atoms with Gasteiger partial charge in [-0.1, -0.05) is 6.42 Å². The molecule has 3 heteroatoms. The van der Waals surface area contributed by atoms with Crippen LogP contribution in [0.3, 0.4) is 0 Å². The minimum atomic E-state index is 0.275. The minimum Gasteiger partial charge on any atom is -0.338 e. The quantitative estimate of drug-likeness (QED) is 0.660. The molecule has 90 valence electrons. The molecule has 0 aliphatic rings. The van der Waals surface area contributed by atoms with E-state index >= 15 is 0 Å². The minimum absolute atomic E-state index is 0.275. The Kier molecular flexibility index (Phi) is 7.39. The first-order valence-corrected chi connectivity index (χ1v) is 6.02. The summed E-state index contributed by atoms with van der Waals surface area (Å²) < 4.78 is 0. The maximum absolute atomic E-state index is 11.9. The second kappa shape index (κ2) is 7.69. The first-order chi connectivity index (χ1) is 7.00. The molecule has 0 heterocycles. The number of carbonyl (C=O) groups excluding carboxylic acids is 1. The zero-order chi connectivity index (χ0) is 11.8. The number of nitrogens with zero attached hydrogens (tertiary/aromatic N) is 1. The summed E-state index contributed by atoms with van der Waals surface area (Å²) in [6, 6.07) is 0.596. The molecule has 0 saturated heterocycles. The van der Waals surface area contributed by atoms with Gasteiger partial charge in [-0.05, 0) is 47.1 Å². The van der Waals surface area contributed by atoms with Gasteiger partial charge in [0.15, 0.2) is 0 Å². The van der Waals surface area contributed by atoms with Gasteiger partial charge >= 0.3 is 0 Å². The van der Waals surface area contributed by atoms with Crippen LogP contribution < -0.4 is 5.73 Å². The molecule has 2 N–H and O–H groups in total. The summed E-state index contributed by atoms with van der Waals surface area (Å²) in [4.78, 5) is 13.8. The lowest BCUT2D eigenvalue weighted by molar-refractivity contribution is -0.134. The van der Waals surface area contributed by atoms with Crippen molar-refractivity contribution in [2.75, 3.05) is 6.54 Å². The van der Waals surface area contributed by atoms with Crippen LogP contribution >= 0.6 is 0 Å². The molecule has 0 saturated carbocycles. The van der Waals surface area contributed by atoms with Crippen LogP contribution in [0.1, 0.15) is 53.4 Å². The second-order valence-electron chi connectivity index (χ2n) is 4.59. The molecule has 0 aliphatic heterocycles. The Morgan fingerprint density at radius 3 is 2.00 bits per heavy atom. The molecule has 0 rings (SSSR count). The molecule has 0 radical (unpaired) electrons. The summed E-state index contributed by atoms with van der Waals surface area (Å²) in [5.41, 5.74) is 5.41. The third-order valence-corrected chi connectivity index (χ3v) is 2.50. The number of rotatable bonds is 7. The smallest absolute Gasteiger partial charge is 0.223 e. The van der Waals surface area contributed by atoms with Gasteiger partial charge in [0.1, 0.15) is 0 Å². The Balaban J connectivity index is 3.93. The second-order valence-corrected chi connectivity index (χ2v) is 4.59. The van der Waals surface area contributed by atoms with E-state index in [-0.39, 0.29) is 5.91 Å². The number of hydrogen-bond acceptors (Lipinski definition) is 2. The van der Waals surface area contributed by atoms with Gasteiger partial charge in [0.25, 0.3) is 0 Å². The Morgan fingerprint density at radius 1 is 1.07 bits per heavy atom. The maximum atomic E-state index is 11.9. The normalized spacial score (nSPS) is 11.1. The third-order valence-electron chi connectivity index (χ3n) is 2.50. The zero-order valence-corrected chi connectivity index (χ0v) is 10.6. The van der Waals surface area contributed by atoms with Gasteiger partial charge in [0.2, 0.25) is 5.91 Å². The Morgan fingerprint density at radius 2 is 1.60 bits per heavy atom. The van der Waals surface area contributed by atoms with Crippen molar-refractivity contribution in [2.24, 2.45) is 5.73 Å². The first kappa shape index (κ1) is 14.4. The van der Waals surface area contributed by atoms with E-state index in [1.807, 2.05) is 4.90 Å². The van der Waals surface area contributed by atoms with Crippen LogP contribution in [0.15, 0.2) is 0 Å². The van der Waals surface area contributed by atoms with Gasteiger partial charge in [-0.25, -0.2) is 0 Å². The van der Waals surface area contributed by atoms with Crippen molar-refractivity contribution < 1.29 is 4.79 Å². The molecule has 3 nitrogen and oxygen atoms in total. The number of carbonyl (C=O) groups is 1. The Hall–Kier alpha value is -0.570. The molecule has 0 spiro atoms. The molecule has 1 amide bonds. The summed E-state index contributed by atoms with van der Waals surface area (Å²) in [6.45, 7) is 9.00. The standard InChI is InChI=1S/C12H26N2O/c1-10(2)14(11(3)4)12(15)8-6-5-7-9-13/h10-11H,5-9,13H2,1-4H3. The van der Waals surface area contributed by atoms with E-state index in [1.165, 1.54) is 0 Å². The summed E-state index contributed by atoms with van der Waals surface area (Å²) in [5, 5.41) is 0. The van der Waals surface area contributed by atoms with Gasteiger partial charge in [-0.3, -0.25) is 4.79 Å². The maximum Gasteiger partial charge on any atom is 0.223 e. The highest BCUT2D eigenvalue weighted by Gasteiger charge is 2.18. The van der Waals surface area contributed by atoms with Gasteiger partial charge < -0.3 is 10.6 Å². The number of hydrogen-bond donors (Lipinski definition) is 1. The van der Waals surface area contributed by atoms with Gasteiger partial charge in [-0.2, -0.15) is 0 Å². The van der Waals surface area contributed by atoms with E-state index < -0.39 is 0 Å². The Labute approximate surface area is 94.0 Å². The van der Waals surface area contributed by atoms with Gasteiger partial charge in [-0.15, -0.1) is 0 Å². The van der Waals surface area contributed by atoms with E-state index in [9.17, 15) is 4.79 Å². The molecule has 0 bridgehead atoms. The molecule has 15 heavy (non-hydrogen) atoms. The molecule has 0 aromatic carbocycles. The average Bonchev–Trinajstić information content (AvgIpc) is 2.11. The van der Waals surface area contributed by atoms with Crippen LogP contribution in [-0.4, -0.2) is 29.4 Å². The predicted molar refractivity (Wildman–Crippen MR) is 64.6 cm³/mol. The fourth-order valence-electron chi connectivity index (χ4n) is 1.90. The van der Waals surface area contributed by atoms with E-state index in [0.717, 1.165) is 25.8 Å². The summed E-state index contributed by atoms with van der Waals surface area (Å²) in [6.07, 6.45) is 3.71. The number of nitrogens with two attached hydrogens (primary N) is 1. The Bertz CT molecular complexity index is 170. The first-order valence-electron chi connectivity index (χ1n) is 6.02. The number of unbranched alkanes of at least 4 members (excludes halogenated alkanes) is 2. The molecule has 0 atom stereocenters. The highest BCUT2D eigenvalue weighted by Crippen LogP contribution is 2.10. The van der Waals surface area contributed by atoms with E-state index in [0.29, 0.717) is 18.5 Å². The summed E-state index contributed by atoms with van der Waals surface area (Å²) in [7, 11) is 0. The molecular weight excluding hydrogens is 188 g/mol. The summed E-state index contributed by atoms with van der Waals surface area (Å²) in [5.74, 6) is 0.275. The lowest BCUT2D eigenvalue weighted by atomic mass is 10.1. The highest BCUT2D eigenvalue weighted by molar-refractivity contribution is 5.76. The molecule has 0 aliphatic carbocycles. The molecule has 0 fully saturated rings. The van der Waals surface area contributed by atoms with Crippen LogP contribution in [0.5, 0.6) is 0 Å². The average molecular weight is 214 g/mol. The molecule has 0 unspecified atom stereocenters. The topological polar surface area (TPSA) is 46.3 Å². The monoisotopic (exact) mass is 214 g/mol. The molecular formula is C12H26N2O. The van der Waals surface area contributed by atoms with E-state index in [4.69, 9.17) is 5.73 Å². The van der Waals surface area contributed by atoms with Crippen LogP contribution in [0, 0.1) is 0 Å². The van der Waals surface area contributed by atoms with Crippen molar-refractivity contribution in [3.8, 4) is 0 Å². The lowest BCUT2D eigenvalue weighted by Crippen LogP contribution is -2.41. The number of amides is 1. The zero-order valence-electron chi connectivity index (χ0n) is 10.6. The van der Waals surface area contributed by atoms with Crippen molar-refractivity contribution in [1.82, 2.24) is 4.90 Å². The van der Waals surface area contributed by atoms with E-state index in [1.54, 1.807) is 0 Å². The fourth-order valence-corrected chi connectivity index (χ4v) is 1.90. The van der Waals surface area contributed by atoms with Crippen molar-refractivity contribution in [3.05, 3.63) is 0 Å². The van der Waals surface area contributed by atoms with Crippen LogP contribution in [0.25, 0.3) is 0 Å². The van der Waals surface area contributed by atoms with Crippen LogP contribution in [-0.2, 0) is 4.79 Å². The molecule has 0 aromatic rings. The van der Waals surface area contributed by atoms with Crippen molar-refractivity contribution in [2.45, 2.75) is 65.5 Å². The largest absolute Gasteiger partial charge is 0.338 e. The highest BCUT2D eigenvalue weighted by atomic mass is 16.2. The summed E-state index contributed by atoms with van der Waals surface area (Å²) >= 11 is 0. The van der Waals surface area contributed by atoms with E-state index in [2.05, 4.69) is 27.7 Å². The van der Waals surface area contributed by atoms with Crippen molar-refractivity contribution in [3.63, 3.8) is 0 Å². The van der Waals surface area contributed by atoms with Gasteiger partial charge in [0.05, 0.1) is 0 Å². The predicted octanol–water partition coefficient (Wildman–Crippen LogP) is 2.15.